The van der Waals surface area contributed by atoms with Gasteiger partial charge in [0.25, 0.3) is 0 Å². The molecule has 0 unspecified atom stereocenters. The van der Waals surface area contributed by atoms with E-state index in [4.69, 9.17) is 16.7 Å². The third-order valence-electron chi connectivity index (χ3n) is 4.09. The summed E-state index contributed by atoms with van der Waals surface area (Å²) in [5.41, 5.74) is 1.38. The zero-order chi connectivity index (χ0) is 16.1. The van der Waals surface area contributed by atoms with Crippen LogP contribution in [-0.4, -0.2) is 29.6 Å². The summed E-state index contributed by atoms with van der Waals surface area (Å²) in [6.07, 6.45) is 3.33. The number of carbonyl (C=O) groups is 2. The molecule has 0 atom stereocenters. The number of amides is 2. The van der Waals surface area contributed by atoms with E-state index in [0.29, 0.717) is 16.6 Å². The van der Waals surface area contributed by atoms with E-state index < -0.39 is 11.8 Å². The molecule has 0 heterocycles. The molecular weight excluding hydrogens is 304 g/mol. The highest BCUT2D eigenvalue weighted by Gasteiger charge is 2.24. The molecule has 0 aliphatic heterocycles. The van der Waals surface area contributed by atoms with Crippen LogP contribution in [0.1, 0.15) is 31.2 Å². The maximum atomic E-state index is 12.0. The molecule has 5 nitrogen and oxygen atoms in total. The molecule has 22 heavy (non-hydrogen) atoms. The number of hydrogen-bond donors (Lipinski definition) is 3. The minimum atomic E-state index is -0.686. The van der Waals surface area contributed by atoms with Crippen LogP contribution in [0.25, 0.3) is 0 Å². The summed E-state index contributed by atoms with van der Waals surface area (Å²) in [7, 11) is 0. The van der Waals surface area contributed by atoms with Gasteiger partial charge in [-0.3, -0.25) is 9.59 Å². The lowest BCUT2D eigenvalue weighted by Gasteiger charge is -2.27. The molecule has 0 radical (unpaired) electrons. The van der Waals surface area contributed by atoms with Gasteiger partial charge in [0, 0.05) is 23.4 Å². The van der Waals surface area contributed by atoms with Crippen LogP contribution in [-0.2, 0) is 9.59 Å². The molecule has 0 spiro atoms. The molecule has 1 aromatic rings. The number of carbonyl (C=O) groups excluding carboxylic acids is 2. The van der Waals surface area contributed by atoms with E-state index in [-0.39, 0.29) is 12.6 Å². The van der Waals surface area contributed by atoms with E-state index in [1.807, 2.05) is 6.92 Å². The number of aliphatic hydroxyl groups is 1. The van der Waals surface area contributed by atoms with Gasteiger partial charge in [0.05, 0.1) is 0 Å². The number of anilines is 1. The Morgan fingerprint density at radius 3 is 2.55 bits per heavy atom. The van der Waals surface area contributed by atoms with Crippen molar-refractivity contribution in [1.29, 1.82) is 0 Å². The second-order valence-electron chi connectivity index (χ2n) is 5.79. The Hall–Kier alpha value is -1.59. The molecule has 1 saturated carbocycles. The minimum Gasteiger partial charge on any atom is -0.396 e. The maximum Gasteiger partial charge on any atom is 0.313 e. The SMILES string of the molecule is Cc1ccc(Cl)cc1NC(=O)C(=O)NC1CCC(CO)CC1. The van der Waals surface area contributed by atoms with E-state index in [9.17, 15) is 9.59 Å². The van der Waals surface area contributed by atoms with Crippen molar-refractivity contribution in [3.05, 3.63) is 28.8 Å². The van der Waals surface area contributed by atoms with Gasteiger partial charge < -0.3 is 15.7 Å². The van der Waals surface area contributed by atoms with Crippen molar-refractivity contribution in [3.63, 3.8) is 0 Å². The second kappa shape index (κ2) is 7.61. The first-order valence-corrected chi connectivity index (χ1v) is 7.86. The fraction of sp³-hybridized carbons (Fsp3) is 0.500. The number of nitrogens with one attached hydrogen (secondary N) is 2. The molecule has 1 aromatic carbocycles. The van der Waals surface area contributed by atoms with Crippen LogP contribution in [0.4, 0.5) is 5.69 Å². The number of rotatable bonds is 3. The first kappa shape index (κ1) is 16.8. The van der Waals surface area contributed by atoms with Gasteiger partial charge >= 0.3 is 11.8 Å². The Bertz CT molecular complexity index is 554. The summed E-state index contributed by atoms with van der Waals surface area (Å²) in [6.45, 7) is 2.02. The third-order valence-corrected chi connectivity index (χ3v) is 4.33. The summed E-state index contributed by atoms with van der Waals surface area (Å²) in [6, 6.07) is 5.13. The molecule has 2 rings (SSSR count). The van der Waals surface area contributed by atoms with Crippen molar-refractivity contribution in [1.82, 2.24) is 5.32 Å². The monoisotopic (exact) mass is 324 g/mol. The summed E-state index contributed by atoms with van der Waals surface area (Å²) >= 11 is 5.89. The van der Waals surface area contributed by atoms with Gasteiger partial charge in [-0.2, -0.15) is 0 Å². The van der Waals surface area contributed by atoms with Crippen LogP contribution in [0.2, 0.25) is 5.02 Å². The van der Waals surface area contributed by atoms with Crippen LogP contribution in [0, 0.1) is 12.8 Å². The summed E-state index contributed by atoms with van der Waals surface area (Å²) < 4.78 is 0. The van der Waals surface area contributed by atoms with Gasteiger partial charge in [0.1, 0.15) is 0 Å². The van der Waals surface area contributed by atoms with Gasteiger partial charge in [0.15, 0.2) is 0 Å². The zero-order valence-electron chi connectivity index (χ0n) is 12.6. The average Bonchev–Trinajstić information content (AvgIpc) is 2.51. The number of aryl methyl sites for hydroxylation is 1. The minimum absolute atomic E-state index is 0.00140. The summed E-state index contributed by atoms with van der Waals surface area (Å²) in [4.78, 5) is 23.9. The van der Waals surface area contributed by atoms with E-state index >= 15 is 0 Å². The molecule has 0 aromatic heterocycles. The van der Waals surface area contributed by atoms with Crippen LogP contribution in [0.5, 0.6) is 0 Å². The average molecular weight is 325 g/mol. The van der Waals surface area contributed by atoms with E-state index in [0.717, 1.165) is 31.2 Å². The molecule has 3 N–H and O–H groups in total. The predicted octanol–water partition coefficient (Wildman–Crippen LogP) is 2.25. The van der Waals surface area contributed by atoms with Gasteiger partial charge in [-0.25, -0.2) is 0 Å². The first-order valence-electron chi connectivity index (χ1n) is 7.48. The second-order valence-corrected chi connectivity index (χ2v) is 6.22. The van der Waals surface area contributed by atoms with Crippen molar-refractivity contribution in [2.45, 2.75) is 38.6 Å². The fourth-order valence-corrected chi connectivity index (χ4v) is 2.82. The van der Waals surface area contributed by atoms with Gasteiger partial charge in [0.2, 0.25) is 0 Å². The van der Waals surface area contributed by atoms with Crippen molar-refractivity contribution in [2.24, 2.45) is 5.92 Å². The Morgan fingerprint density at radius 2 is 1.91 bits per heavy atom. The molecule has 6 heteroatoms. The fourth-order valence-electron chi connectivity index (χ4n) is 2.65. The largest absolute Gasteiger partial charge is 0.396 e. The lowest BCUT2D eigenvalue weighted by Crippen LogP contribution is -2.43. The third kappa shape index (κ3) is 4.45. The van der Waals surface area contributed by atoms with Crippen LogP contribution in [0.3, 0.4) is 0 Å². The highest BCUT2D eigenvalue weighted by atomic mass is 35.5. The smallest absolute Gasteiger partial charge is 0.313 e. The highest BCUT2D eigenvalue weighted by molar-refractivity contribution is 6.40. The molecule has 1 aliphatic carbocycles. The lowest BCUT2D eigenvalue weighted by molar-refractivity contribution is -0.136. The number of benzene rings is 1. The van der Waals surface area contributed by atoms with Crippen LogP contribution < -0.4 is 10.6 Å². The molecule has 1 fully saturated rings. The Balaban J connectivity index is 1.87. The molecule has 0 bridgehead atoms. The predicted molar refractivity (Wildman–Crippen MR) is 85.8 cm³/mol. The standard InChI is InChI=1S/C16H21ClN2O3/c1-10-2-5-12(17)8-14(10)19-16(22)15(21)18-13-6-3-11(9-20)4-7-13/h2,5,8,11,13,20H,3-4,6-7,9H2,1H3,(H,18,21)(H,19,22). The zero-order valence-corrected chi connectivity index (χ0v) is 13.3. The van der Waals surface area contributed by atoms with E-state index in [1.165, 1.54) is 0 Å². The van der Waals surface area contributed by atoms with Gasteiger partial charge in [-0.15, -0.1) is 0 Å². The Labute approximate surface area is 135 Å². The van der Waals surface area contributed by atoms with Crippen molar-refractivity contribution in [3.8, 4) is 0 Å². The van der Waals surface area contributed by atoms with Crippen molar-refractivity contribution < 1.29 is 14.7 Å². The van der Waals surface area contributed by atoms with E-state index in [2.05, 4.69) is 10.6 Å². The van der Waals surface area contributed by atoms with Gasteiger partial charge in [-0.1, -0.05) is 17.7 Å². The summed E-state index contributed by atoms with van der Waals surface area (Å²) in [5.74, 6) is -1.00. The molecular formula is C16H21ClN2O3. The van der Waals surface area contributed by atoms with Crippen LogP contribution in [0.15, 0.2) is 18.2 Å². The van der Waals surface area contributed by atoms with Gasteiger partial charge in [-0.05, 0) is 56.2 Å². The molecule has 120 valence electrons. The molecule has 0 saturated heterocycles. The molecule has 2 amide bonds. The van der Waals surface area contributed by atoms with Crippen molar-refractivity contribution >= 4 is 29.1 Å². The Kier molecular flexibility index (Phi) is 5.80. The maximum absolute atomic E-state index is 12.0. The topological polar surface area (TPSA) is 78.4 Å². The Morgan fingerprint density at radius 1 is 1.23 bits per heavy atom. The quantitative estimate of drug-likeness (QED) is 0.746. The lowest BCUT2D eigenvalue weighted by atomic mass is 9.86. The molecule has 1 aliphatic rings. The normalized spacial score (nSPS) is 21.2. The van der Waals surface area contributed by atoms with Crippen LogP contribution >= 0.6 is 11.6 Å². The highest BCUT2D eigenvalue weighted by Crippen LogP contribution is 2.24. The number of hydrogen-bond acceptors (Lipinski definition) is 3. The first-order chi connectivity index (χ1) is 10.5. The van der Waals surface area contributed by atoms with E-state index in [1.54, 1.807) is 18.2 Å². The summed E-state index contributed by atoms with van der Waals surface area (Å²) in [5, 5.41) is 14.9. The number of halogens is 1. The van der Waals surface area contributed by atoms with Crippen molar-refractivity contribution in [2.75, 3.05) is 11.9 Å². The number of aliphatic hydroxyl groups excluding tert-OH is 1.